The first-order chi connectivity index (χ1) is 5.72. The van der Waals surface area contributed by atoms with E-state index in [0.29, 0.717) is 0 Å². The van der Waals surface area contributed by atoms with Crippen molar-refractivity contribution in [3.8, 4) is 0 Å². The smallest absolute Gasteiger partial charge is 0.00224 e. The second kappa shape index (κ2) is 8.78. The zero-order valence-corrected chi connectivity index (χ0v) is 11.1. The summed E-state index contributed by atoms with van der Waals surface area (Å²) >= 11 is 0. The summed E-state index contributed by atoms with van der Waals surface area (Å²) < 4.78 is 0. The number of likely N-dealkylation sites (tertiary alicyclic amines) is 1. The van der Waals surface area contributed by atoms with Crippen molar-refractivity contribution in [2.75, 3.05) is 33.2 Å². The van der Waals surface area contributed by atoms with Crippen molar-refractivity contribution in [1.82, 2.24) is 10.2 Å². The van der Waals surface area contributed by atoms with E-state index in [1.54, 1.807) is 0 Å². The van der Waals surface area contributed by atoms with Crippen molar-refractivity contribution in [2.24, 2.45) is 11.8 Å². The maximum atomic E-state index is 3.26. The van der Waals surface area contributed by atoms with Crippen molar-refractivity contribution in [2.45, 2.75) is 20.3 Å². The van der Waals surface area contributed by atoms with Crippen LogP contribution in [-0.4, -0.2) is 38.1 Å². The molecule has 4 heteroatoms. The van der Waals surface area contributed by atoms with E-state index < -0.39 is 0 Å². The number of rotatable bonds is 4. The van der Waals surface area contributed by atoms with Crippen LogP contribution in [0.3, 0.4) is 0 Å². The largest absolute Gasteiger partial charge is 0.319 e. The van der Waals surface area contributed by atoms with E-state index in [4.69, 9.17) is 0 Å². The highest BCUT2D eigenvalue weighted by molar-refractivity contribution is 5.85. The summed E-state index contributed by atoms with van der Waals surface area (Å²) in [6, 6.07) is 0. The predicted molar refractivity (Wildman–Crippen MR) is 67.8 cm³/mol. The zero-order valence-electron chi connectivity index (χ0n) is 9.45. The van der Waals surface area contributed by atoms with Gasteiger partial charge in [0, 0.05) is 13.1 Å². The molecule has 1 aliphatic rings. The van der Waals surface area contributed by atoms with Crippen LogP contribution in [0.25, 0.3) is 0 Å². The molecule has 0 spiro atoms. The predicted octanol–water partition coefficient (Wildman–Crippen LogP) is 2.03. The van der Waals surface area contributed by atoms with Gasteiger partial charge in [-0.15, -0.1) is 24.8 Å². The average molecular weight is 243 g/mol. The molecule has 1 saturated heterocycles. The summed E-state index contributed by atoms with van der Waals surface area (Å²) in [5.74, 6) is 1.71. The van der Waals surface area contributed by atoms with Crippen LogP contribution in [0.2, 0.25) is 0 Å². The number of hydrogen-bond donors (Lipinski definition) is 1. The molecule has 1 aliphatic heterocycles. The minimum atomic E-state index is 0. The van der Waals surface area contributed by atoms with Gasteiger partial charge in [-0.1, -0.05) is 13.8 Å². The van der Waals surface area contributed by atoms with E-state index in [1.165, 1.54) is 32.6 Å². The Hall–Kier alpha value is 0.500. The molecule has 1 unspecified atom stereocenters. The Morgan fingerprint density at radius 2 is 2.00 bits per heavy atom. The van der Waals surface area contributed by atoms with E-state index in [1.807, 2.05) is 7.05 Å². The van der Waals surface area contributed by atoms with Crippen LogP contribution in [0.4, 0.5) is 0 Å². The molecule has 0 aliphatic carbocycles. The first kappa shape index (κ1) is 16.9. The Morgan fingerprint density at radius 3 is 2.50 bits per heavy atom. The second-order valence-electron chi connectivity index (χ2n) is 4.37. The Balaban J connectivity index is 0. The molecular formula is C10H24Cl2N2. The van der Waals surface area contributed by atoms with Gasteiger partial charge in [-0.3, -0.25) is 0 Å². The van der Waals surface area contributed by atoms with E-state index in [-0.39, 0.29) is 24.8 Å². The lowest BCUT2D eigenvalue weighted by Crippen LogP contribution is -2.27. The van der Waals surface area contributed by atoms with Crippen molar-refractivity contribution in [3.05, 3.63) is 0 Å². The molecule has 0 saturated carbocycles. The van der Waals surface area contributed by atoms with Gasteiger partial charge < -0.3 is 10.2 Å². The first-order valence-corrected chi connectivity index (χ1v) is 5.09. The molecule has 1 heterocycles. The van der Waals surface area contributed by atoms with Crippen LogP contribution in [0.15, 0.2) is 0 Å². The van der Waals surface area contributed by atoms with E-state index in [9.17, 15) is 0 Å². The lowest BCUT2D eigenvalue weighted by atomic mass is 10.1. The molecular weight excluding hydrogens is 219 g/mol. The van der Waals surface area contributed by atoms with E-state index in [2.05, 4.69) is 24.1 Å². The normalized spacial score (nSPS) is 21.9. The van der Waals surface area contributed by atoms with Crippen LogP contribution in [-0.2, 0) is 0 Å². The van der Waals surface area contributed by atoms with Crippen molar-refractivity contribution in [1.29, 1.82) is 0 Å². The SMILES string of the molecule is CNCC1CCN(CC(C)C)C1.Cl.Cl. The Bertz CT molecular complexity index is 131. The molecule has 0 aromatic carbocycles. The van der Waals surface area contributed by atoms with Gasteiger partial charge in [0.25, 0.3) is 0 Å². The molecule has 0 bridgehead atoms. The van der Waals surface area contributed by atoms with Crippen molar-refractivity contribution in [3.63, 3.8) is 0 Å². The van der Waals surface area contributed by atoms with Crippen LogP contribution >= 0.6 is 24.8 Å². The molecule has 0 aromatic heterocycles. The van der Waals surface area contributed by atoms with Crippen LogP contribution in [0.1, 0.15) is 20.3 Å². The summed E-state index contributed by atoms with van der Waals surface area (Å²) in [5, 5.41) is 3.26. The molecule has 88 valence electrons. The van der Waals surface area contributed by atoms with Gasteiger partial charge in [0.1, 0.15) is 0 Å². The molecule has 0 radical (unpaired) electrons. The molecule has 0 aromatic rings. The maximum absolute atomic E-state index is 3.26. The van der Waals surface area contributed by atoms with Crippen LogP contribution < -0.4 is 5.32 Å². The van der Waals surface area contributed by atoms with Crippen molar-refractivity contribution < 1.29 is 0 Å². The summed E-state index contributed by atoms with van der Waals surface area (Å²) in [6.07, 6.45) is 1.38. The number of nitrogens with zero attached hydrogens (tertiary/aromatic N) is 1. The Labute approximate surface area is 101 Å². The number of halogens is 2. The van der Waals surface area contributed by atoms with Gasteiger partial charge in [-0.2, -0.15) is 0 Å². The third kappa shape index (κ3) is 6.07. The molecule has 1 N–H and O–H groups in total. The zero-order chi connectivity index (χ0) is 8.97. The Morgan fingerprint density at radius 1 is 1.36 bits per heavy atom. The number of hydrogen-bond acceptors (Lipinski definition) is 2. The quantitative estimate of drug-likeness (QED) is 0.812. The first-order valence-electron chi connectivity index (χ1n) is 5.09. The van der Waals surface area contributed by atoms with Gasteiger partial charge in [-0.05, 0) is 38.4 Å². The second-order valence-corrected chi connectivity index (χ2v) is 4.37. The van der Waals surface area contributed by atoms with Gasteiger partial charge in [-0.25, -0.2) is 0 Å². The lowest BCUT2D eigenvalue weighted by molar-refractivity contribution is 0.286. The molecule has 1 fully saturated rings. The molecule has 14 heavy (non-hydrogen) atoms. The van der Waals surface area contributed by atoms with Crippen LogP contribution in [0, 0.1) is 11.8 Å². The molecule has 0 amide bonds. The summed E-state index contributed by atoms with van der Waals surface area (Å²) in [5.41, 5.74) is 0. The number of nitrogens with one attached hydrogen (secondary N) is 1. The minimum absolute atomic E-state index is 0. The maximum Gasteiger partial charge on any atom is 0.00224 e. The molecule has 1 rings (SSSR count). The fourth-order valence-electron chi connectivity index (χ4n) is 2.05. The standard InChI is InChI=1S/C10H22N2.2ClH/c1-9(2)7-12-5-4-10(8-12)6-11-3;;/h9-11H,4-8H2,1-3H3;2*1H. The monoisotopic (exact) mass is 242 g/mol. The van der Waals surface area contributed by atoms with E-state index in [0.717, 1.165) is 11.8 Å². The van der Waals surface area contributed by atoms with Crippen molar-refractivity contribution >= 4 is 24.8 Å². The average Bonchev–Trinajstić information content (AvgIpc) is 2.36. The lowest BCUT2D eigenvalue weighted by Gasteiger charge is -2.17. The molecule has 2 nitrogen and oxygen atoms in total. The van der Waals surface area contributed by atoms with Crippen LogP contribution in [0.5, 0.6) is 0 Å². The topological polar surface area (TPSA) is 15.3 Å². The third-order valence-electron chi connectivity index (χ3n) is 2.49. The minimum Gasteiger partial charge on any atom is -0.319 e. The fraction of sp³-hybridized carbons (Fsp3) is 1.00. The highest BCUT2D eigenvalue weighted by atomic mass is 35.5. The van der Waals surface area contributed by atoms with Gasteiger partial charge in [0.15, 0.2) is 0 Å². The highest BCUT2D eigenvalue weighted by Gasteiger charge is 2.21. The Kier molecular flexibility index (Phi) is 10.6. The van der Waals surface area contributed by atoms with Gasteiger partial charge in [0.05, 0.1) is 0 Å². The van der Waals surface area contributed by atoms with Gasteiger partial charge >= 0.3 is 0 Å². The van der Waals surface area contributed by atoms with Gasteiger partial charge in [0.2, 0.25) is 0 Å². The highest BCUT2D eigenvalue weighted by Crippen LogP contribution is 2.16. The summed E-state index contributed by atoms with van der Waals surface area (Å²) in [4.78, 5) is 2.59. The molecule has 1 atom stereocenters. The fourth-order valence-corrected chi connectivity index (χ4v) is 2.05. The van der Waals surface area contributed by atoms with E-state index >= 15 is 0 Å². The third-order valence-corrected chi connectivity index (χ3v) is 2.49. The summed E-state index contributed by atoms with van der Waals surface area (Å²) in [7, 11) is 2.05. The summed E-state index contributed by atoms with van der Waals surface area (Å²) in [6.45, 7) is 9.68.